The molecule has 1 aromatic carbocycles. The monoisotopic (exact) mass is 277 g/mol. The Morgan fingerprint density at radius 2 is 2.05 bits per heavy atom. The molecule has 0 fully saturated rings. The smallest absolute Gasteiger partial charge is 0.306 e. The quantitative estimate of drug-likeness (QED) is 0.682. The predicted molar refractivity (Wildman–Crippen MR) is 72.7 cm³/mol. The van der Waals surface area contributed by atoms with Crippen LogP contribution in [0.4, 0.5) is 27.4 Å². The molecule has 0 radical (unpaired) electrons. The van der Waals surface area contributed by atoms with E-state index in [1.807, 2.05) is 14.1 Å². The van der Waals surface area contributed by atoms with Crippen molar-refractivity contribution in [3.05, 3.63) is 46.5 Å². The van der Waals surface area contributed by atoms with Crippen molar-refractivity contribution in [2.75, 3.05) is 24.3 Å². The third-order valence-electron chi connectivity index (χ3n) is 2.53. The zero-order valence-corrected chi connectivity index (χ0v) is 10.9. The predicted octanol–water partition coefficient (Wildman–Crippen LogP) is 2.33. The lowest BCUT2D eigenvalue weighted by Gasteiger charge is -2.12. The maximum Gasteiger partial charge on any atom is 0.306 e. The normalized spacial score (nSPS) is 10.2. The second-order valence-electron chi connectivity index (χ2n) is 4.20. The molecule has 20 heavy (non-hydrogen) atoms. The van der Waals surface area contributed by atoms with Gasteiger partial charge in [-0.25, -0.2) is 9.97 Å². The van der Waals surface area contributed by atoms with Gasteiger partial charge in [-0.2, -0.15) is 4.39 Å². The molecule has 0 aliphatic heterocycles. The summed E-state index contributed by atoms with van der Waals surface area (Å²) in [4.78, 5) is 19.7. The van der Waals surface area contributed by atoms with Crippen molar-refractivity contribution in [1.82, 2.24) is 9.97 Å². The Kier molecular flexibility index (Phi) is 3.74. The first-order valence-corrected chi connectivity index (χ1v) is 5.67. The van der Waals surface area contributed by atoms with Crippen molar-refractivity contribution in [2.24, 2.45) is 0 Å². The van der Waals surface area contributed by atoms with Crippen LogP contribution >= 0.6 is 0 Å². The van der Waals surface area contributed by atoms with E-state index in [2.05, 4.69) is 15.3 Å². The van der Waals surface area contributed by atoms with Crippen LogP contribution in [0.1, 0.15) is 0 Å². The second-order valence-corrected chi connectivity index (χ2v) is 4.20. The average Bonchev–Trinajstić information content (AvgIpc) is 2.41. The van der Waals surface area contributed by atoms with Gasteiger partial charge in [0.15, 0.2) is 0 Å². The molecule has 104 valence electrons. The zero-order chi connectivity index (χ0) is 14.7. The minimum Gasteiger partial charge on any atom is -0.363 e. The number of anilines is 3. The molecule has 1 N–H and O–H groups in total. The Morgan fingerprint density at radius 3 is 2.70 bits per heavy atom. The molecule has 2 rings (SSSR count). The number of nitro groups is 1. The van der Waals surface area contributed by atoms with Gasteiger partial charge in [0, 0.05) is 31.9 Å². The van der Waals surface area contributed by atoms with Crippen LogP contribution in [0.5, 0.6) is 0 Å². The molecule has 0 aliphatic rings. The van der Waals surface area contributed by atoms with E-state index in [0.717, 1.165) is 12.1 Å². The van der Waals surface area contributed by atoms with Crippen molar-refractivity contribution in [1.29, 1.82) is 0 Å². The van der Waals surface area contributed by atoms with Crippen molar-refractivity contribution in [2.45, 2.75) is 0 Å². The molecule has 0 aliphatic carbocycles. The van der Waals surface area contributed by atoms with Crippen LogP contribution < -0.4 is 10.2 Å². The van der Waals surface area contributed by atoms with Crippen LogP contribution in [0.3, 0.4) is 0 Å². The molecule has 0 unspecified atom stereocenters. The number of rotatable bonds is 4. The van der Waals surface area contributed by atoms with Gasteiger partial charge in [-0.05, 0) is 12.1 Å². The Balaban J connectivity index is 2.28. The number of benzene rings is 1. The highest BCUT2D eigenvalue weighted by atomic mass is 19.1. The number of hydrogen-bond donors (Lipinski definition) is 1. The summed E-state index contributed by atoms with van der Waals surface area (Å²) < 4.78 is 13.2. The van der Waals surface area contributed by atoms with Crippen LogP contribution in [-0.2, 0) is 0 Å². The van der Waals surface area contributed by atoms with E-state index in [-0.39, 0.29) is 0 Å². The molecule has 0 saturated carbocycles. The fourth-order valence-corrected chi connectivity index (χ4v) is 1.54. The maximum atomic E-state index is 13.2. The Bertz CT molecular complexity index is 647. The number of nitrogens with zero attached hydrogens (tertiary/aromatic N) is 4. The molecule has 0 spiro atoms. The van der Waals surface area contributed by atoms with Crippen molar-refractivity contribution < 1.29 is 9.31 Å². The minimum atomic E-state index is -0.878. The van der Waals surface area contributed by atoms with Gasteiger partial charge in [-0.15, -0.1) is 0 Å². The lowest BCUT2D eigenvalue weighted by molar-refractivity contribution is -0.387. The Morgan fingerprint density at radius 1 is 1.30 bits per heavy atom. The third kappa shape index (κ3) is 2.97. The van der Waals surface area contributed by atoms with Crippen molar-refractivity contribution in [3.63, 3.8) is 0 Å². The molecule has 7 nitrogen and oxygen atoms in total. The van der Waals surface area contributed by atoms with Crippen LogP contribution in [0, 0.1) is 15.9 Å². The highest BCUT2D eigenvalue weighted by molar-refractivity contribution is 5.61. The molecular weight excluding hydrogens is 265 g/mol. The molecule has 0 bridgehead atoms. The summed E-state index contributed by atoms with van der Waals surface area (Å²) in [6, 6.07) is 5.23. The molecule has 2 aromatic rings. The highest BCUT2D eigenvalue weighted by Gasteiger charge is 2.14. The largest absolute Gasteiger partial charge is 0.363 e. The van der Waals surface area contributed by atoms with Gasteiger partial charge >= 0.3 is 5.69 Å². The number of aromatic nitrogens is 2. The van der Waals surface area contributed by atoms with Crippen LogP contribution in [-0.4, -0.2) is 29.0 Å². The van der Waals surface area contributed by atoms with Crippen LogP contribution in [0.2, 0.25) is 0 Å². The lowest BCUT2D eigenvalue weighted by atomic mass is 10.2. The van der Waals surface area contributed by atoms with E-state index in [1.54, 1.807) is 11.0 Å². The van der Waals surface area contributed by atoms with Crippen LogP contribution in [0.25, 0.3) is 0 Å². The van der Waals surface area contributed by atoms with Gasteiger partial charge in [0.25, 0.3) is 0 Å². The van der Waals surface area contributed by atoms with Gasteiger partial charge in [-0.3, -0.25) is 10.1 Å². The molecule has 0 saturated heterocycles. The van der Waals surface area contributed by atoms with Crippen molar-refractivity contribution >= 4 is 23.0 Å². The first-order chi connectivity index (χ1) is 9.47. The van der Waals surface area contributed by atoms with Gasteiger partial charge < -0.3 is 10.2 Å². The average molecular weight is 277 g/mol. The minimum absolute atomic E-state index is 0.376. The van der Waals surface area contributed by atoms with Crippen molar-refractivity contribution in [3.8, 4) is 0 Å². The summed E-state index contributed by atoms with van der Waals surface area (Å²) in [5.74, 6) is 0.265. The van der Waals surface area contributed by atoms with E-state index in [4.69, 9.17) is 0 Å². The number of halogens is 1. The maximum absolute atomic E-state index is 13.2. The Hall–Kier alpha value is -2.77. The summed E-state index contributed by atoms with van der Waals surface area (Å²) >= 11 is 0. The summed E-state index contributed by atoms with van der Waals surface area (Å²) in [7, 11) is 3.66. The number of nitro benzene ring substituents is 1. The standard InChI is InChI=1S/C12H12FN5O2/c1-17(2)12-6-11(14-7-15-12)16-8-3-4-9(13)10(5-8)18(19)20/h3-7H,1-2H3,(H,14,15,16). The molecular formula is C12H12FN5O2. The van der Waals surface area contributed by atoms with E-state index in [0.29, 0.717) is 17.3 Å². The Labute approximate surface area is 114 Å². The second kappa shape index (κ2) is 5.47. The molecule has 0 atom stereocenters. The van der Waals surface area contributed by atoms with Gasteiger partial charge in [-0.1, -0.05) is 0 Å². The summed E-state index contributed by atoms with van der Waals surface area (Å²) in [6.45, 7) is 0. The first-order valence-electron chi connectivity index (χ1n) is 5.67. The molecule has 0 amide bonds. The number of nitrogens with one attached hydrogen (secondary N) is 1. The van der Waals surface area contributed by atoms with E-state index >= 15 is 0 Å². The SMILES string of the molecule is CN(C)c1cc(Nc2ccc(F)c([N+](=O)[O-])c2)ncn1. The topological polar surface area (TPSA) is 84.2 Å². The van der Waals surface area contributed by atoms with E-state index in [1.165, 1.54) is 12.4 Å². The fraction of sp³-hybridized carbons (Fsp3) is 0.167. The first kappa shape index (κ1) is 13.7. The van der Waals surface area contributed by atoms with Gasteiger partial charge in [0.2, 0.25) is 5.82 Å². The number of hydrogen-bond acceptors (Lipinski definition) is 6. The van der Waals surface area contributed by atoms with Gasteiger partial charge in [0.05, 0.1) is 4.92 Å². The molecule has 8 heteroatoms. The molecule has 1 heterocycles. The van der Waals surface area contributed by atoms with E-state index < -0.39 is 16.4 Å². The lowest BCUT2D eigenvalue weighted by Crippen LogP contribution is -2.11. The van der Waals surface area contributed by atoms with Gasteiger partial charge in [0.1, 0.15) is 18.0 Å². The highest BCUT2D eigenvalue weighted by Crippen LogP contribution is 2.24. The third-order valence-corrected chi connectivity index (χ3v) is 2.53. The summed E-state index contributed by atoms with van der Waals surface area (Å²) in [6.07, 6.45) is 1.37. The molecule has 1 aromatic heterocycles. The zero-order valence-electron chi connectivity index (χ0n) is 10.9. The fourth-order valence-electron chi connectivity index (χ4n) is 1.54. The summed E-state index contributed by atoms with van der Waals surface area (Å²) in [5.41, 5.74) is -0.210. The van der Waals surface area contributed by atoms with E-state index in [9.17, 15) is 14.5 Å². The summed E-state index contributed by atoms with van der Waals surface area (Å²) in [5, 5.41) is 13.5. The van der Waals surface area contributed by atoms with Crippen LogP contribution in [0.15, 0.2) is 30.6 Å².